The Morgan fingerprint density at radius 1 is 0.837 bits per heavy atom. The van der Waals surface area contributed by atoms with Gasteiger partial charge in [-0.25, -0.2) is 18.7 Å². The number of nitrogens with two attached hydrogens (primary N) is 1. The molecule has 0 aliphatic rings. The molecular formula is C29H34BrF2N5O6. The van der Waals surface area contributed by atoms with E-state index in [2.05, 4.69) is 35.9 Å². The molecule has 2 aromatic carbocycles. The van der Waals surface area contributed by atoms with Crippen LogP contribution in [0.5, 0.6) is 0 Å². The molecule has 0 amide bonds. The van der Waals surface area contributed by atoms with Crippen molar-refractivity contribution in [1.29, 1.82) is 0 Å². The average Bonchev–Trinajstić information content (AvgIpc) is 2.89. The Morgan fingerprint density at radius 3 is 1.65 bits per heavy atom. The number of aryl methyl sites for hydroxylation is 2. The van der Waals surface area contributed by atoms with Gasteiger partial charge in [0, 0.05) is 17.3 Å². The van der Waals surface area contributed by atoms with E-state index in [4.69, 9.17) is 15.9 Å². The van der Waals surface area contributed by atoms with Gasteiger partial charge < -0.3 is 25.9 Å². The van der Waals surface area contributed by atoms with Crippen LogP contribution in [0.4, 0.5) is 8.78 Å². The molecule has 43 heavy (non-hydrogen) atoms. The molecule has 232 valence electrons. The Morgan fingerprint density at radius 2 is 1.26 bits per heavy atom. The third kappa shape index (κ3) is 9.22. The van der Waals surface area contributed by atoms with Gasteiger partial charge in [-0.15, -0.1) is 0 Å². The number of rotatable bonds is 6. The summed E-state index contributed by atoms with van der Waals surface area (Å²) in [5.74, 6) is -2.13. The largest absolute Gasteiger partial charge is 0.481 e. The zero-order valence-electron chi connectivity index (χ0n) is 24.6. The fourth-order valence-corrected chi connectivity index (χ4v) is 3.97. The van der Waals surface area contributed by atoms with E-state index in [9.17, 15) is 28.0 Å². The van der Waals surface area contributed by atoms with Gasteiger partial charge in [0.15, 0.2) is 5.82 Å². The number of hydrogen-bond donors (Lipinski definition) is 5. The van der Waals surface area contributed by atoms with E-state index in [1.165, 1.54) is 32.0 Å². The van der Waals surface area contributed by atoms with Crippen molar-refractivity contribution in [2.45, 2.75) is 66.3 Å². The second-order valence-corrected chi connectivity index (χ2v) is 11.8. The highest BCUT2D eigenvalue weighted by Gasteiger charge is 2.28. The van der Waals surface area contributed by atoms with Crippen LogP contribution in [0.2, 0.25) is 0 Å². The summed E-state index contributed by atoms with van der Waals surface area (Å²) in [6.07, 6.45) is 1.20. The number of fused-ring (bicyclic) bond motifs is 2. The molecule has 6 N–H and O–H groups in total. The van der Waals surface area contributed by atoms with Crippen molar-refractivity contribution < 1.29 is 28.6 Å². The molecule has 4 aromatic rings. The monoisotopic (exact) mass is 665 g/mol. The van der Waals surface area contributed by atoms with Crippen LogP contribution in [-0.4, -0.2) is 47.6 Å². The van der Waals surface area contributed by atoms with Crippen molar-refractivity contribution in [2.75, 3.05) is 0 Å². The van der Waals surface area contributed by atoms with Crippen LogP contribution < -0.4 is 16.9 Å². The van der Waals surface area contributed by atoms with Crippen LogP contribution in [0, 0.1) is 17.0 Å². The lowest BCUT2D eigenvalue weighted by Crippen LogP contribution is -2.41. The molecule has 11 nitrogen and oxygen atoms in total. The average molecular weight is 667 g/mol. The van der Waals surface area contributed by atoms with Gasteiger partial charge in [0.1, 0.15) is 34.0 Å². The van der Waals surface area contributed by atoms with Crippen LogP contribution in [-0.2, 0) is 28.9 Å². The molecule has 2 aromatic heterocycles. The summed E-state index contributed by atoms with van der Waals surface area (Å²) in [7, 11) is 0. The zero-order chi connectivity index (χ0) is 32.9. The maximum Gasteiger partial charge on any atom is 0.323 e. The minimum Gasteiger partial charge on any atom is -0.481 e. The van der Waals surface area contributed by atoms with Gasteiger partial charge in [-0.1, -0.05) is 29.8 Å². The molecule has 0 aliphatic carbocycles. The van der Waals surface area contributed by atoms with Crippen molar-refractivity contribution in [2.24, 2.45) is 11.1 Å². The van der Waals surface area contributed by atoms with Crippen molar-refractivity contribution in [3.63, 3.8) is 0 Å². The summed E-state index contributed by atoms with van der Waals surface area (Å²) in [5.41, 5.74) is 2.84. The van der Waals surface area contributed by atoms with E-state index in [1.54, 1.807) is 19.9 Å². The summed E-state index contributed by atoms with van der Waals surface area (Å²) in [4.78, 5) is 57.9. The topological polar surface area (TPSA) is 192 Å². The van der Waals surface area contributed by atoms with E-state index >= 15 is 0 Å². The van der Waals surface area contributed by atoms with Crippen LogP contribution in [0.1, 0.15) is 58.8 Å². The van der Waals surface area contributed by atoms with Crippen molar-refractivity contribution in [1.82, 2.24) is 19.9 Å². The summed E-state index contributed by atoms with van der Waals surface area (Å²) in [5, 5.41) is 17.7. The lowest BCUT2D eigenvalue weighted by Gasteiger charge is -2.19. The molecule has 0 unspecified atom stereocenters. The first kappa shape index (κ1) is 35.2. The number of carboxylic acids is 2. The Balaban J connectivity index is 0.000000255. The summed E-state index contributed by atoms with van der Waals surface area (Å²) >= 11 is 3.13. The molecule has 0 saturated carbocycles. The van der Waals surface area contributed by atoms with Crippen LogP contribution in [0.15, 0.2) is 38.3 Å². The zero-order valence-corrected chi connectivity index (χ0v) is 26.1. The number of benzene rings is 2. The van der Waals surface area contributed by atoms with Gasteiger partial charge in [-0.2, -0.15) is 0 Å². The number of aromatic amines is 2. The van der Waals surface area contributed by atoms with Gasteiger partial charge in [-0.05, 0) is 63.9 Å². The van der Waals surface area contributed by atoms with E-state index in [1.807, 2.05) is 13.8 Å². The number of H-pyrrole nitrogens is 2. The summed E-state index contributed by atoms with van der Waals surface area (Å²) < 4.78 is 28.2. The highest BCUT2D eigenvalue weighted by molar-refractivity contribution is 9.10. The smallest absolute Gasteiger partial charge is 0.323 e. The maximum atomic E-state index is 14.2. The van der Waals surface area contributed by atoms with Crippen molar-refractivity contribution in [3.05, 3.63) is 78.3 Å². The number of nitrogens with one attached hydrogen (secondary N) is 2. The molecule has 0 atom stereocenters. The maximum absolute atomic E-state index is 14.2. The number of carboxylic acid groups (broad SMARTS) is 2. The van der Waals surface area contributed by atoms with Crippen molar-refractivity contribution in [3.8, 4) is 0 Å². The fraction of sp³-hybridized carbons (Fsp3) is 0.379. The van der Waals surface area contributed by atoms with Gasteiger partial charge in [0.25, 0.3) is 11.1 Å². The van der Waals surface area contributed by atoms with Crippen LogP contribution >= 0.6 is 15.9 Å². The fourth-order valence-electron chi connectivity index (χ4n) is 3.54. The Labute approximate surface area is 253 Å². The Kier molecular flexibility index (Phi) is 11.4. The van der Waals surface area contributed by atoms with E-state index < -0.39 is 40.1 Å². The number of nitrogens with zero attached hydrogens (tertiary/aromatic N) is 2. The first-order valence-electron chi connectivity index (χ1n) is 13.2. The highest BCUT2D eigenvalue weighted by atomic mass is 79.9. The Hall–Kier alpha value is -4.04. The summed E-state index contributed by atoms with van der Waals surface area (Å²) in [6, 6.07) is 5.62. The molecule has 14 heteroatoms. The molecule has 0 aliphatic heterocycles. The molecule has 4 rings (SSSR count). The molecule has 0 fully saturated rings. The first-order valence-corrected chi connectivity index (χ1v) is 13.9. The third-order valence-corrected chi connectivity index (χ3v) is 6.55. The van der Waals surface area contributed by atoms with E-state index in [0.29, 0.717) is 34.5 Å². The van der Waals surface area contributed by atoms with Gasteiger partial charge in [0.05, 0.1) is 16.2 Å². The quantitative estimate of drug-likeness (QED) is 0.198. The molecule has 2 heterocycles. The van der Waals surface area contributed by atoms with Gasteiger partial charge in [0.2, 0.25) is 0 Å². The Bertz CT molecular complexity index is 1780. The van der Waals surface area contributed by atoms with E-state index in [0.717, 1.165) is 0 Å². The lowest BCUT2D eigenvalue weighted by atomic mass is 9.85. The van der Waals surface area contributed by atoms with Crippen LogP contribution in [0.3, 0.4) is 0 Å². The number of aliphatic carboxylic acids is 2. The van der Waals surface area contributed by atoms with Gasteiger partial charge >= 0.3 is 11.9 Å². The summed E-state index contributed by atoms with van der Waals surface area (Å²) in [6.45, 7) is 9.65. The normalized spacial score (nSPS) is 11.4. The van der Waals surface area contributed by atoms with Crippen LogP contribution in [0.25, 0.3) is 21.8 Å². The molecule has 0 radical (unpaired) electrons. The minimum atomic E-state index is -1.08. The first-order chi connectivity index (χ1) is 19.8. The van der Waals surface area contributed by atoms with Crippen molar-refractivity contribution >= 4 is 49.7 Å². The second kappa shape index (κ2) is 14.0. The number of hydrogen-bond acceptors (Lipinski definition) is 7. The van der Waals surface area contributed by atoms with E-state index in [-0.39, 0.29) is 33.8 Å². The predicted octanol–water partition coefficient (Wildman–Crippen LogP) is 4.47. The molecular weight excluding hydrogens is 632 g/mol. The lowest BCUT2D eigenvalue weighted by molar-refractivity contribution is -0.147. The highest BCUT2D eigenvalue weighted by Crippen LogP contribution is 2.25. The standard InChI is InChI=1S/C15H17FN2O3.C10H8BrFN2O.C4H9NO2/c1-4-11-17-12-9(13(19)18-11)5-8(6-10(12)16)7-15(2,3)14(20)21;1-2-8-13-9-6(10(15)14-8)3-5(11)4-7(9)12;1-4(2,5)3(6)7/h5-6H,4,7H2,1-3H3,(H,20,21)(H,17,18,19);3-4H,2H2,1H3,(H,13,14,15);5H2,1-2H3,(H,6,7). The number of aromatic nitrogens is 4. The number of carbonyl (C=O) groups is 2. The molecule has 0 saturated heterocycles. The SMILES string of the molecule is CC(C)(N)C(=O)O.CCc1nc2c(F)cc(Br)cc2c(=O)[nH]1.CCc1nc2c(F)cc(CC(C)(C)C(=O)O)cc2c(=O)[nH]1. The minimum absolute atomic E-state index is 0.0208. The van der Waals surface area contributed by atoms with Gasteiger partial charge in [-0.3, -0.25) is 19.2 Å². The molecule has 0 spiro atoms. The predicted molar refractivity (Wildman–Crippen MR) is 162 cm³/mol. The second-order valence-electron chi connectivity index (χ2n) is 10.9. The number of halogens is 3. The third-order valence-electron chi connectivity index (χ3n) is 6.10. The molecule has 0 bridgehead atoms.